The molecule has 52 valence electrons. The number of hydrogen-bond acceptors (Lipinski definition) is 2. The van der Waals surface area contributed by atoms with Gasteiger partial charge in [-0.15, -0.1) is 25.7 Å². The van der Waals surface area contributed by atoms with Crippen LogP contribution < -0.4 is 0 Å². The molecule has 0 atom stereocenters. The summed E-state index contributed by atoms with van der Waals surface area (Å²) in [7, 11) is 2.73. The van der Waals surface area contributed by atoms with Crippen molar-refractivity contribution in [2.45, 2.75) is 0 Å². The van der Waals surface area contributed by atoms with E-state index in [1.807, 2.05) is 0 Å². The Bertz CT molecular complexity index is 50.6. The lowest BCUT2D eigenvalue weighted by Crippen LogP contribution is -1.93. The standard InChI is InChI=1S/C2H8O2Si.2C2H2/c1-3-5-4-2;2*1-2/h5H2,1-2H3;2*1-2H. The third kappa shape index (κ3) is 127. The van der Waals surface area contributed by atoms with Crippen molar-refractivity contribution in [3.63, 3.8) is 0 Å². The molecule has 0 saturated heterocycles. The van der Waals surface area contributed by atoms with E-state index in [9.17, 15) is 0 Å². The van der Waals surface area contributed by atoms with Crippen molar-refractivity contribution in [2.75, 3.05) is 14.2 Å². The van der Waals surface area contributed by atoms with Crippen molar-refractivity contribution >= 4 is 10.0 Å². The van der Waals surface area contributed by atoms with Crippen LogP contribution in [0.25, 0.3) is 0 Å². The van der Waals surface area contributed by atoms with Gasteiger partial charge < -0.3 is 8.85 Å². The van der Waals surface area contributed by atoms with E-state index < -0.39 is 10.0 Å². The summed E-state index contributed by atoms with van der Waals surface area (Å²) in [6.07, 6.45) is 16.0. The van der Waals surface area contributed by atoms with Gasteiger partial charge in [-0.25, -0.2) is 0 Å². The summed E-state index contributed by atoms with van der Waals surface area (Å²) in [5, 5.41) is 0. The minimum Gasteiger partial charge on any atom is -0.402 e. The first-order valence-corrected chi connectivity index (χ1v) is 3.22. The smallest absolute Gasteiger partial charge is 0.303 e. The van der Waals surface area contributed by atoms with Gasteiger partial charge in [0.25, 0.3) is 0 Å². The molecule has 2 nitrogen and oxygen atoms in total. The second kappa shape index (κ2) is 55.8. The van der Waals surface area contributed by atoms with E-state index in [1.165, 1.54) is 0 Å². The zero-order valence-corrected chi connectivity index (χ0v) is 7.25. The van der Waals surface area contributed by atoms with Crippen molar-refractivity contribution in [3.8, 4) is 25.7 Å². The van der Waals surface area contributed by atoms with Crippen LogP contribution >= 0.6 is 0 Å². The molecule has 0 unspecified atom stereocenters. The van der Waals surface area contributed by atoms with Crippen molar-refractivity contribution in [1.29, 1.82) is 0 Å². The van der Waals surface area contributed by atoms with Gasteiger partial charge in [0.15, 0.2) is 0 Å². The van der Waals surface area contributed by atoms with Gasteiger partial charge in [-0.1, -0.05) is 0 Å². The van der Waals surface area contributed by atoms with Gasteiger partial charge in [0.1, 0.15) is 0 Å². The third-order valence-electron chi connectivity index (χ3n) is 0.236. The summed E-state index contributed by atoms with van der Waals surface area (Å²) in [5.74, 6) is 0. The van der Waals surface area contributed by atoms with Gasteiger partial charge in [0.2, 0.25) is 0 Å². The van der Waals surface area contributed by atoms with Crippen molar-refractivity contribution in [1.82, 2.24) is 0 Å². The van der Waals surface area contributed by atoms with Crippen LogP contribution in [0.15, 0.2) is 0 Å². The van der Waals surface area contributed by atoms with Crippen LogP contribution in [0.4, 0.5) is 0 Å². The molecule has 0 aromatic heterocycles. The van der Waals surface area contributed by atoms with E-state index in [1.54, 1.807) is 14.2 Å². The van der Waals surface area contributed by atoms with E-state index in [0.29, 0.717) is 0 Å². The van der Waals surface area contributed by atoms with Gasteiger partial charge in [-0.3, -0.25) is 0 Å². The first-order valence-electron chi connectivity index (χ1n) is 2.06. The van der Waals surface area contributed by atoms with Crippen LogP contribution in [0.5, 0.6) is 0 Å². The van der Waals surface area contributed by atoms with Gasteiger partial charge in [-0.2, -0.15) is 0 Å². The molecule has 0 spiro atoms. The molecule has 0 radical (unpaired) electrons. The summed E-state index contributed by atoms with van der Waals surface area (Å²) in [6.45, 7) is 0. The van der Waals surface area contributed by atoms with E-state index in [4.69, 9.17) is 0 Å². The number of terminal acetylenes is 2. The highest BCUT2D eigenvalue weighted by molar-refractivity contribution is 6.17. The van der Waals surface area contributed by atoms with Crippen LogP contribution in [-0.4, -0.2) is 24.2 Å². The lowest BCUT2D eigenvalue weighted by molar-refractivity contribution is 0.309. The Balaban J connectivity index is -0.0000000771. The first-order chi connectivity index (χ1) is 4.41. The first kappa shape index (κ1) is 15.7. The predicted molar refractivity (Wildman–Crippen MR) is 42.3 cm³/mol. The molecule has 0 aliphatic carbocycles. The van der Waals surface area contributed by atoms with Crippen LogP contribution in [0.1, 0.15) is 0 Å². The molecule has 0 bridgehead atoms. The van der Waals surface area contributed by atoms with Crippen LogP contribution in [0.3, 0.4) is 0 Å². The minimum absolute atomic E-state index is 0.568. The summed E-state index contributed by atoms with van der Waals surface area (Å²) in [5.41, 5.74) is 0. The largest absolute Gasteiger partial charge is 0.402 e. The fourth-order valence-electron chi connectivity index (χ4n) is 0.118. The monoisotopic (exact) mass is 144 g/mol. The molecular weight excluding hydrogens is 132 g/mol. The second-order valence-corrected chi connectivity index (χ2v) is 2.09. The van der Waals surface area contributed by atoms with Gasteiger partial charge in [0.05, 0.1) is 0 Å². The molecule has 0 rings (SSSR count). The second-order valence-electron chi connectivity index (χ2n) is 0.695. The fraction of sp³-hybridized carbons (Fsp3) is 0.333. The molecule has 0 aliphatic heterocycles. The van der Waals surface area contributed by atoms with Crippen LogP contribution in [0, 0.1) is 25.7 Å². The molecule has 3 heteroatoms. The number of hydrogen-bond donors (Lipinski definition) is 0. The van der Waals surface area contributed by atoms with E-state index >= 15 is 0 Å². The highest BCUT2D eigenvalue weighted by Gasteiger charge is 1.67. The molecule has 0 N–H and O–H groups in total. The maximum absolute atomic E-state index is 4.61. The van der Waals surface area contributed by atoms with Crippen LogP contribution in [-0.2, 0) is 8.85 Å². The Morgan fingerprint density at radius 1 is 0.889 bits per heavy atom. The highest BCUT2D eigenvalue weighted by Crippen LogP contribution is 1.55. The molecule has 0 aromatic rings. The molecule has 0 saturated carbocycles. The average molecular weight is 144 g/mol. The molecule has 0 fully saturated rings. The van der Waals surface area contributed by atoms with Crippen LogP contribution in [0.2, 0.25) is 0 Å². The Morgan fingerprint density at radius 3 is 1.11 bits per heavy atom. The Hall–Kier alpha value is -0.743. The molecule has 0 aromatic carbocycles. The van der Waals surface area contributed by atoms with Gasteiger partial charge >= 0.3 is 10.0 Å². The summed E-state index contributed by atoms with van der Waals surface area (Å²) >= 11 is 0. The molecule has 0 heterocycles. The zero-order chi connectivity index (χ0) is 8.12. The third-order valence-corrected chi connectivity index (χ3v) is 0.707. The van der Waals surface area contributed by atoms with E-state index in [-0.39, 0.29) is 0 Å². The normalized spacial score (nSPS) is 5.11. The van der Waals surface area contributed by atoms with Crippen molar-refractivity contribution < 1.29 is 8.85 Å². The molecule has 9 heavy (non-hydrogen) atoms. The minimum atomic E-state index is -0.568. The zero-order valence-electron chi connectivity index (χ0n) is 5.83. The highest BCUT2D eigenvalue weighted by atomic mass is 28.3. The quantitative estimate of drug-likeness (QED) is 0.394. The summed E-state index contributed by atoms with van der Waals surface area (Å²) < 4.78 is 9.22. The van der Waals surface area contributed by atoms with Gasteiger partial charge in [-0.05, 0) is 0 Å². The molecule has 0 amide bonds. The molecular formula is C6H12O2Si. The maximum atomic E-state index is 4.61. The Kier molecular flexibility index (Phi) is 97.5. The average Bonchev–Trinajstić information content (AvgIpc) is 1.98. The molecule has 0 aliphatic rings. The van der Waals surface area contributed by atoms with Crippen molar-refractivity contribution in [2.24, 2.45) is 0 Å². The topological polar surface area (TPSA) is 18.5 Å². The lowest BCUT2D eigenvalue weighted by atomic mass is 11.4. The van der Waals surface area contributed by atoms with E-state index in [0.717, 1.165) is 0 Å². The summed E-state index contributed by atoms with van der Waals surface area (Å²) in [6, 6.07) is 0. The predicted octanol–water partition coefficient (Wildman–Crippen LogP) is -0.223. The lowest BCUT2D eigenvalue weighted by Gasteiger charge is -1.86. The van der Waals surface area contributed by atoms with E-state index in [2.05, 4.69) is 34.5 Å². The summed E-state index contributed by atoms with van der Waals surface area (Å²) in [4.78, 5) is 0. The Labute approximate surface area is 59.6 Å². The van der Waals surface area contributed by atoms with Gasteiger partial charge in [0, 0.05) is 14.2 Å². The SMILES string of the molecule is C#C.C#C.CO[SiH2]OC. The Morgan fingerprint density at radius 2 is 1.11 bits per heavy atom. The van der Waals surface area contributed by atoms with Crippen molar-refractivity contribution in [3.05, 3.63) is 0 Å². The maximum Gasteiger partial charge on any atom is 0.303 e. The fourth-order valence-corrected chi connectivity index (χ4v) is 0.354. The number of rotatable bonds is 2.